The molecule has 0 radical (unpaired) electrons. The maximum atomic E-state index is 9.04. The van der Waals surface area contributed by atoms with Crippen LogP contribution in [0, 0.1) is 22.7 Å². The molecule has 78 valence electrons. The predicted octanol–water partition coefficient (Wildman–Crippen LogP) is 2.46. The lowest BCUT2D eigenvalue weighted by molar-refractivity contribution is 0.204. The summed E-state index contributed by atoms with van der Waals surface area (Å²) in [6, 6.07) is 2.48. The summed E-state index contributed by atoms with van der Waals surface area (Å²) in [5.74, 6) is 0.894. The van der Waals surface area contributed by atoms with Crippen molar-refractivity contribution >= 4 is 0 Å². The van der Waals surface area contributed by atoms with E-state index >= 15 is 0 Å². The number of rotatable bonds is 4. The standard InChI is InChI=1S/C12H20N2/c13-9-12(6-3-7-12)10-14-8-11-4-1-2-5-11/h11,14H,1-8,10H2. The quantitative estimate of drug-likeness (QED) is 0.742. The molecule has 0 bridgehead atoms. The zero-order valence-corrected chi connectivity index (χ0v) is 8.89. The lowest BCUT2D eigenvalue weighted by atomic mass is 9.70. The third-order valence-corrected chi connectivity index (χ3v) is 3.92. The van der Waals surface area contributed by atoms with Gasteiger partial charge in [0.2, 0.25) is 0 Å². The first-order valence-corrected chi connectivity index (χ1v) is 5.97. The normalized spacial score (nSPS) is 25.6. The molecule has 0 atom stereocenters. The van der Waals surface area contributed by atoms with Gasteiger partial charge in [-0.1, -0.05) is 19.3 Å². The van der Waals surface area contributed by atoms with E-state index in [0.717, 1.165) is 31.8 Å². The van der Waals surface area contributed by atoms with E-state index in [1.807, 2.05) is 0 Å². The van der Waals surface area contributed by atoms with Gasteiger partial charge in [0.15, 0.2) is 0 Å². The average molecular weight is 192 g/mol. The van der Waals surface area contributed by atoms with Crippen LogP contribution in [0.25, 0.3) is 0 Å². The molecule has 2 heteroatoms. The van der Waals surface area contributed by atoms with Crippen LogP contribution in [0.5, 0.6) is 0 Å². The second kappa shape index (κ2) is 4.31. The van der Waals surface area contributed by atoms with Gasteiger partial charge in [0.25, 0.3) is 0 Å². The topological polar surface area (TPSA) is 35.8 Å². The minimum absolute atomic E-state index is 0.0125. The summed E-state index contributed by atoms with van der Waals surface area (Å²) in [5.41, 5.74) is 0.0125. The van der Waals surface area contributed by atoms with Gasteiger partial charge in [0.1, 0.15) is 0 Å². The molecule has 0 saturated heterocycles. The van der Waals surface area contributed by atoms with Crippen molar-refractivity contribution in [3.05, 3.63) is 0 Å². The highest BCUT2D eigenvalue weighted by Crippen LogP contribution is 2.39. The number of nitrogens with zero attached hydrogens (tertiary/aromatic N) is 1. The van der Waals surface area contributed by atoms with Crippen LogP contribution in [0.1, 0.15) is 44.9 Å². The van der Waals surface area contributed by atoms with Crippen LogP contribution in [-0.4, -0.2) is 13.1 Å². The van der Waals surface area contributed by atoms with Crippen molar-refractivity contribution in [2.24, 2.45) is 11.3 Å². The van der Waals surface area contributed by atoms with E-state index in [0.29, 0.717) is 0 Å². The average Bonchev–Trinajstić information content (AvgIpc) is 2.62. The van der Waals surface area contributed by atoms with Crippen molar-refractivity contribution in [3.8, 4) is 6.07 Å². The van der Waals surface area contributed by atoms with Gasteiger partial charge in [-0.25, -0.2) is 0 Å². The molecule has 2 saturated carbocycles. The lowest BCUT2D eigenvalue weighted by Crippen LogP contribution is -2.40. The van der Waals surface area contributed by atoms with E-state index in [1.54, 1.807) is 0 Å². The van der Waals surface area contributed by atoms with Gasteiger partial charge < -0.3 is 5.32 Å². The molecule has 0 amide bonds. The molecule has 0 aromatic carbocycles. The number of hydrogen-bond acceptors (Lipinski definition) is 2. The van der Waals surface area contributed by atoms with Gasteiger partial charge in [0, 0.05) is 6.54 Å². The summed E-state index contributed by atoms with van der Waals surface area (Å²) in [7, 11) is 0. The fraction of sp³-hybridized carbons (Fsp3) is 0.917. The van der Waals surface area contributed by atoms with Crippen LogP contribution in [-0.2, 0) is 0 Å². The number of nitrogens with one attached hydrogen (secondary N) is 1. The SMILES string of the molecule is N#CC1(CNCC2CCCC2)CCC1. The Kier molecular flexibility index (Phi) is 3.08. The van der Waals surface area contributed by atoms with E-state index in [-0.39, 0.29) is 5.41 Å². The summed E-state index contributed by atoms with van der Waals surface area (Å²) in [6.45, 7) is 2.07. The van der Waals surface area contributed by atoms with Crippen molar-refractivity contribution in [2.75, 3.05) is 13.1 Å². The van der Waals surface area contributed by atoms with Gasteiger partial charge >= 0.3 is 0 Å². The van der Waals surface area contributed by atoms with E-state index in [9.17, 15) is 0 Å². The molecule has 2 aliphatic carbocycles. The molecule has 0 aromatic rings. The van der Waals surface area contributed by atoms with Crippen molar-refractivity contribution in [2.45, 2.75) is 44.9 Å². The predicted molar refractivity (Wildman–Crippen MR) is 56.7 cm³/mol. The molecule has 1 N–H and O–H groups in total. The van der Waals surface area contributed by atoms with Crippen molar-refractivity contribution in [3.63, 3.8) is 0 Å². The molecular weight excluding hydrogens is 172 g/mol. The Labute approximate surface area is 86.7 Å². The zero-order chi connectivity index (χ0) is 9.86. The summed E-state index contributed by atoms with van der Waals surface area (Å²) >= 11 is 0. The molecule has 0 aliphatic heterocycles. The molecule has 14 heavy (non-hydrogen) atoms. The minimum Gasteiger partial charge on any atom is -0.315 e. The third kappa shape index (κ3) is 2.09. The molecule has 0 heterocycles. The fourth-order valence-electron chi connectivity index (χ4n) is 2.66. The molecule has 0 unspecified atom stereocenters. The van der Waals surface area contributed by atoms with Gasteiger partial charge in [-0.2, -0.15) is 5.26 Å². The van der Waals surface area contributed by atoms with E-state index in [1.165, 1.54) is 32.1 Å². The first-order valence-electron chi connectivity index (χ1n) is 5.97. The summed E-state index contributed by atoms with van der Waals surface area (Å²) < 4.78 is 0. The van der Waals surface area contributed by atoms with Crippen LogP contribution in [0.2, 0.25) is 0 Å². The Bertz CT molecular complexity index is 219. The number of nitriles is 1. The Morgan fingerprint density at radius 1 is 1.21 bits per heavy atom. The molecule has 2 nitrogen and oxygen atoms in total. The van der Waals surface area contributed by atoms with Crippen LogP contribution < -0.4 is 5.32 Å². The summed E-state index contributed by atoms with van der Waals surface area (Å²) in [5, 5.41) is 12.5. The first kappa shape index (κ1) is 9.98. The van der Waals surface area contributed by atoms with Gasteiger partial charge in [0.05, 0.1) is 11.5 Å². The molecule has 0 spiro atoms. The van der Waals surface area contributed by atoms with Crippen molar-refractivity contribution in [1.29, 1.82) is 5.26 Å². The Balaban J connectivity index is 1.64. The van der Waals surface area contributed by atoms with Crippen molar-refractivity contribution in [1.82, 2.24) is 5.32 Å². The van der Waals surface area contributed by atoms with Gasteiger partial charge in [-0.05, 0) is 38.1 Å². The molecule has 2 aliphatic rings. The van der Waals surface area contributed by atoms with Gasteiger partial charge in [-0.15, -0.1) is 0 Å². The third-order valence-electron chi connectivity index (χ3n) is 3.92. The maximum Gasteiger partial charge on any atom is 0.0703 e. The summed E-state index contributed by atoms with van der Waals surface area (Å²) in [6.07, 6.45) is 9.09. The Hall–Kier alpha value is -0.550. The highest BCUT2D eigenvalue weighted by Gasteiger charge is 2.36. The monoisotopic (exact) mass is 192 g/mol. The molecule has 2 rings (SSSR count). The van der Waals surface area contributed by atoms with Crippen molar-refractivity contribution < 1.29 is 0 Å². The van der Waals surface area contributed by atoms with Crippen LogP contribution in [0.15, 0.2) is 0 Å². The van der Waals surface area contributed by atoms with Crippen LogP contribution in [0.3, 0.4) is 0 Å². The van der Waals surface area contributed by atoms with E-state index in [2.05, 4.69) is 11.4 Å². The van der Waals surface area contributed by atoms with Crippen LogP contribution >= 0.6 is 0 Å². The highest BCUT2D eigenvalue weighted by molar-refractivity contribution is 5.05. The lowest BCUT2D eigenvalue weighted by Gasteiger charge is -2.35. The Morgan fingerprint density at radius 3 is 2.43 bits per heavy atom. The van der Waals surface area contributed by atoms with Crippen LogP contribution in [0.4, 0.5) is 0 Å². The van der Waals surface area contributed by atoms with E-state index < -0.39 is 0 Å². The Morgan fingerprint density at radius 2 is 1.93 bits per heavy atom. The molecule has 0 aromatic heterocycles. The molecular formula is C12H20N2. The second-order valence-electron chi connectivity index (χ2n) is 5.03. The largest absolute Gasteiger partial charge is 0.315 e. The highest BCUT2D eigenvalue weighted by atomic mass is 14.9. The minimum atomic E-state index is 0.0125. The number of hydrogen-bond donors (Lipinski definition) is 1. The van der Waals surface area contributed by atoms with E-state index in [4.69, 9.17) is 5.26 Å². The second-order valence-corrected chi connectivity index (χ2v) is 5.03. The fourth-order valence-corrected chi connectivity index (χ4v) is 2.66. The van der Waals surface area contributed by atoms with Gasteiger partial charge in [-0.3, -0.25) is 0 Å². The zero-order valence-electron chi connectivity index (χ0n) is 8.89. The smallest absolute Gasteiger partial charge is 0.0703 e. The first-order chi connectivity index (χ1) is 6.85. The molecule has 2 fully saturated rings. The maximum absolute atomic E-state index is 9.04. The summed E-state index contributed by atoms with van der Waals surface area (Å²) in [4.78, 5) is 0.